The Hall–Kier alpha value is -1.73. The Morgan fingerprint density at radius 1 is 1.38 bits per heavy atom. The van der Waals surface area contributed by atoms with Crippen molar-refractivity contribution >= 4 is 33.3 Å². The summed E-state index contributed by atoms with van der Waals surface area (Å²) in [6, 6.07) is 2.02. The van der Waals surface area contributed by atoms with E-state index in [0.717, 1.165) is 28.4 Å². The number of likely N-dealkylation sites (N-methyl/N-ethyl adjacent to an activating group) is 2. The molecule has 21 heavy (non-hydrogen) atoms. The van der Waals surface area contributed by atoms with Crippen molar-refractivity contribution in [1.82, 2.24) is 19.8 Å². The van der Waals surface area contributed by atoms with Crippen LogP contribution < -0.4 is 5.32 Å². The summed E-state index contributed by atoms with van der Waals surface area (Å²) in [5.74, 6) is 1.66. The topological polar surface area (TPSA) is 61.4 Å². The number of carbonyl (C=O) groups excluding carboxylic acids is 1. The minimum absolute atomic E-state index is 0.0860. The van der Waals surface area contributed by atoms with E-state index in [-0.39, 0.29) is 5.91 Å². The zero-order valence-corrected chi connectivity index (χ0v) is 13.7. The Kier molecular flexibility index (Phi) is 5.08. The highest BCUT2D eigenvalue weighted by Crippen LogP contribution is 2.24. The van der Waals surface area contributed by atoms with Gasteiger partial charge < -0.3 is 10.2 Å². The highest BCUT2D eigenvalue weighted by Gasteiger charge is 2.14. The van der Waals surface area contributed by atoms with Crippen LogP contribution in [0, 0.1) is 0 Å². The molecule has 2 aromatic rings. The average molecular weight is 307 g/mol. The van der Waals surface area contributed by atoms with Crippen LogP contribution in [0.5, 0.6) is 0 Å². The van der Waals surface area contributed by atoms with Crippen molar-refractivity contribution in [3.8, 4) is 0 Å². The number of amides is 1. The van der Waals surface area contributed by atoms with E-state index in [1.165, 1.54) is 0 Å². The lowest BCUT2D eigenvalue weighted by molar-refractivity contribution is -0.130. The summed E-state index contributed by atoms with van der Waals surface area (Å²) < 4.78 is 0. The highest BCUT2D eigenvalue weighted by atomic mass is 32.1. The monoisotopic (exact) mass is 307 g/mol. The molecular formula is C14H21N5OS. The molecule has 0 radical (unpaired) electrons. The van der Waals surface area contributed by atoms with Gasteiger partial charge in [0.15, 0.2) is 0 Å². The molecule has 114 valence electrons. The number of aromatic nitrogens is 2. The van der Waals surface area contributed by atoms with E-state index in [9.17, 15) is 4.79 Å². The largest absolute Gasteiger partial charge is 0.372 e. The van der Waals surface area contributed by atoms with Crippen molar-refractivity contribution in [1.29, 1.82) is 0 Å². The Bertz CT molecular complexity index is 625. The average Bonchev–Trinajstić information content (AvgIpc) is 2.93. The van der Waals surface area contributed by atoms with Gasteiger partial charge in [-0.25, -0.2) is 9.97 Å². The summed E-state index contributed by atoms with van der Waals surface area (Å²) in [6.45, 7) is 3.76. The van der Waals surface area contributed by atoms with E-state index in [4.69, 9.17) is 0 Å². The lowest BCUT2D eigenvalue weighted by Crippen LogP contribution is -2.36. The zero-order chi connectivity index (χ0) is 15.4. The molecule has 0 aliphatic rings. The van der Waals surface area contributed by atoms with Gasteiger partial charge in [-0.3, -0.25) is 9.69 Å². The normalized spacial score (nSPS) is 11.1. The maximum atomic E-state index is 11.8. The van der Waals surface area contributed by atoms with Crippen LogP contribution in [0.25, 0.3) is 10.2 Å². The standard InChI is InChI=1S/C14H21N5OS/c1-5-19(9-12(20)18(3)4)8-11-16-13(15-2)10-6-7-21-14(10)17-11/h6-7H,5,8-9H2,1-4H3,(H,15,16,17). The molecule has 0 aliphatic carbocycles. The van der Waals surface area contributed by atoms with Gasteiger partial charge >= 0.3 is 0 Å². The summed E-state index contributed by atoms with van der Waals surface area (Å²) in [6.07, 6.45) is 0. The van der Waals surface area contributed by atoms with Gasteiger partial charge in [-0.15, -0.1) is 11.3 Å². The maximum absolute atomic E-state index is 11.8. The number of carbonyl (C=O) groups is 1. The molecule has 1 N–H and O–H groups in total. The van der Waals surface area contributed by atoms with Crippen LogP contribution >= 0.6 is 11.3 Å². The van der Waals surface area contributed by atoms with E-state index in [1.807, 2.05) is 30.3 Å². The quantitative estimate of drug-likeness (QED) is 0.879. The molecule has 2 heterocycles. The van der Waals surface area contributed by atoms with Crippen LogP contribution in [-0.2, 0) is 11.3 Å². The molecule has 2 rings (SSSR count). The van der Waals surface area contributed by atoms with Gasteiger partial charge in [0.2, 0.25) is 5.91 Å². The Labute approximate surface area is 128 Å². The van der Waals surface area contributed by atoms with Crippen molar-refractivity contribution in [2.24, 2.45) is 0 Å². The second-order valence-electron chi connectivity index (χ2n) is 4.97. The summed E-state index contributed by atoms with van der Waals surface area (Å²) in [5.41, 5.74) is 0. The molecule has 0 saturated heterocycles. The fourth-order valence-electron chi connectivity index (χ4n) is 1.97. The van der Waals surface area contributed by atoms with E-state index in [2.05, 4.69) is 15.3 Å². The second-order valence-corrected chi connectivity index (χ2v) is 5.86. The predicted octanol–water partition coefficient (Wildman–Crippen LogP) is 1.64. The number of rotatable bonds is 6. The molecular weight excluding hydrogens is 286 g/mol. The number of anilines is 1. The molecule has 0 fully saturated rings. The van der Waals surface area contributed by atoms with Gasteiger partial charge in [0, 0.05) is 21.1 Å². The van der Waals surface area contributed by atoms with Crippen LogP contribution in [-0.4, -0.2) is 59.9 Å². The molecule has 0 unspecified atom stereocenters. The van der Waals surface area contributed by atoms with E-state index in [1.54, 1.807) is 30.3 Å². The third kappa shape index (κ3) is 3.68. The summed E-state index contributed by atoms with van der Waals surface area (Å²) in [4.78, 5) is 25.6. The van der Waals surface area contributed by atoms with Crippen molar-refractivity contribution in [3.05, 3.63) is 17.3 Å². The Balaban J connectivity index is 2.19. The first-order chi connectivity index (χ1) is 10.0. The molecule has 0 bridgehead atoms. The first-order valence-electron chi connectivity index (χ1n) is 6.89. The molecule has 0 atom stereocenters. The van der Waals surface area contributed by atoms with Gasteiger partial charge in [-0.1, -0.05) is 6.92 Å². The Morgan fingerprint density at radius 3 is 2.76 bits per heavy atom. The second kappa shape index (κ2) is 6.82. The number of nitrogens with one attached hydrogen (secondary N) is 1. The first kappa shape index (κ1) is 15.7. The van der Waals surface area contributed by atoms with Crippen LogP contribution in [0.4, 0.5) is 5.82 Å². The third-order valence-electron chi connectivity index (χ3n) is 3.28. The fraction of sp³-hybridized carbons (Fsp3) is 0.500. The number of fused-ring (bicyclic) bond motifs is 1. The first-order valence-corrected chi connectivity index (χ1v) is 7.77. The number of nitrogens with zero attached hydrogens (tertiary/aromatic N) is 4. The van der Waals surface area contributed by atoms with Gasteiger partial charge in [-0.05, 0) is 18.0 Å². The van der Waals surface area contributed by atoms with E-state index >= 15 is 0 Å². The SMILES string of the molecule is CCN(CC(=O)N(C)C)Cc1nc(NC)c2ccsc2n1. The van der Waals surface area contributed by atoms with Gasteiger partial charge in [0.25, 0.3) is 0 Å². The van der Waals surface area contributed by atoms with Crippen molar-refractivity contribution in [3.63, 3.8) is 0 Å². The molecule has 0 saturated carbocycles. The fourth-order valence-corrected chi connectivity index (χ4v) is 2.76. The minimum Gasteiger partial charge on any atom is -0.372 e. The van der Waals surface area contributed by atoms with Gasteiger partial charge in [0.05, 0.1) is 18.5 Å². The van der Waals surface area contributed by atoms with Crippen LogP contribution in [0.15, 0.2) is 11.4 Å². The van der Waals surface area contributed by atoms with Crippen LogP contribution in [0.3, 0.4) is 0 Å². The molecule has 7 heteroatoms. The molecule has 0 aliphatic heterocycles. The van der Waals surface area contributed by atoms with E-state index in [0.29, 0.717) is 13.1 Å². The maximum Gasteiger partial charge on any atom is 0.236 e. The number of hydrogen-bond donors (Lipinski definition) is 1. The smallest absolute Gasteiger partial charge is 0.236 e. The van der Waals surface area contributed by atoms with Gasteiger partial charge in [-0.2, -0.15) is 0 Å². The molecule has 1 amide bonds. The molecule has 0 spiro atoms. The zero-order valence-electron chi connectivity index (χ0n) is 12.9. The van der Waals surface area contributed by atoms with Crippen molar-refractivity contribution in [2.45, 2.75) is 13.5 Å². The van der Waals surface area contributed by atoms with Crippen molar-refractivity contribution < 1.29 is 4.79 Å². The Morgan fingerprint density at radius 2 is 2.14 bits per heavy atom. The third-order valence-corrected chi connectivity index (χ3v) is 4.08. The van der Waals surface area contributed by atoms with Crippen molar-refractivity contribution in [2.75, 3.05) is 39.5 Å². The lowest BCUT2D eigenvalue weighted by Gasteiger charge is -2.21. The summed E-state index contributed by atoms with van der Waals surface area (Å²) in [7, 11) is 5.39. The van der Waals surface area contributed by atoms with Crippen LogP contribution in [0.2, 0.25) is 0 Å². The summed E-state index contributed by atoms with van der Waals surface area (Å²) >= 11 is 1.60. The minimum atomic E-state index is 0.0860. The highest BCUT2D eigenvalue weighted by molar-refractivity contribution is 7.16. The number of thiophene rings is 1. The lowest BCUT2D eigenvalue weighted by atomic mass is 10.3. The molecule has 0 aromatic carbocycles. The predicted molar refractivity (Wildman–Crippen MR) is 86.6 cm³/mol. The van der Waals surface area contributed by atoms with Gasteiger partial charge in [0.1, 0.15) is 16.5 Å². The van der Waals surface area contributed by atoms with E-state index < -0.39 is 0 Å². The van der Waals surface area contributed by atoms with Crippen LogP contribution in [0.1, 0.15) is 12.7 Å². The number of hydrogen-bond acceptors (Lipinski definition) is 6. The molecule has 6 nitrogen and oxygen atoms in total. The summed E-state index contributed by atoms with van der Waals surface area (Å²) in [5, 5.41) is 6.16. The molecule has 2 aromatic heterocycles.